The van der Waals surface area contributed by atoms with Gasteiger partial charge in [0, 0.05) is 50.0 Å². The van der Waals surface area contributed by atoms with E-state index in [0.29, 0.717) is 18.2 Å². The molecule has 3 amide bonds. The normalized spacial score (nSPS) is 19.1. The Balaban J connectivity index is 1.31. The smallest absolute Gasteiger partial charge is 0.408 e. The second-order valence-electron chi connectivity index (χ2n) is 13.5. The van der Waals surface area contributed by atoms with Gasteiger partial charge in [-0.25, -0.2) is 9.78 Å². The van der Waals surface area contributed by atoms with Gasteiger partial charge in [0.25, 0.3) is 0 Å². The van der Waals surface area contributed by atoms with Gasteiger partial charge in [0.2, 0.25) is 11.8 Å². The highest BCUT2D eigenvalue weighted by atomic mass is 16.6. The van der Waals surface area contributed by atoms with Gasteiger partial charge in [0.1, 0.15) is 11.4 Å². The third-order valence-electron chi connectivity index (χ3n) is 9.14. The lowest BCUT2D eigenvalue weighted by Crippen LogP contribution is -2.52. The van der Waals surface area contributed by atoms with Gasteiger partial charge in [-0.3, -0.25) is 14.6 Å². The van der Waals surface area contributed by atoms with Gasteiger partial charge in [0.05, 0.1) is 11.2 Å². The zero-order valence-electron chi connectivity index (χ0n) is 27.1. The van der Waals surface area contributed by atoms with E-state index in [0.717, 1.165) is 72.9 Å². The summed E-state index contributed by atoms with van der Waals surface area (Å²) in [4.78, 5) is 48.4. The molecule has 2 aromatic heterocycles. The highest BCUT2D eigenvalue weighted by molar-refractivity contribution is 5.92. The van der Waals surface area contributed by atoms with Crippen molar-refractivity contribution in [2.45, 2.75) is 96.2 Å². The zero-order valence-corrected chi connectivity index (χ0v) is 27.1. The fourth-order valence-corrected chi connectivity index (χ4v) is 6.42. The number of carbonyl (C=O) groups excluding carboxylic acids is 3. The molecular weight excluding hydrogens is 566 g/mol. The predicted octanol–water partition coefficient (Wildman–Crippen LogP) is 7.08. The summed E-state index contributed by atoms with van der Waals surface area (Å²) < 4.78 is 5.54. The molecule has 0 bridgehead atoms. The van der Waals surface area contributed by atoms with Gasteiger partial charge in [0.15, 0.2) is 0 Å². The number of nitrogens with one attached hydrogen (secondary N) is 2. The largest absolute Gasteiger partial charge is 0.444 e. The summed E-state index contributed by atoms with van der Waals surface area (Å²) in [5, 5.41) is 6.14. The first-order valence-electron chi connectivity index (χ1n) is 16.0. The molecule has 0 atom stereocenters. The van der Waals surface area contributed by atoms with Crippen molar-refractivity contribution in [3.8, 4) is 22.4 Å². The quantitative estimate of drug-likeness (QED) is 0.281. The predicted molar refractivity (Wildman–Crippen MR) is 175 cm³/mol. The minimum absolute atomic E-state index is 0.0572. The van der Waals surface area contributed by atoms with Gasteiger partial charge >= 0.3 is 6.09 Å². The number of amides is 3. The highest BCUT2D eigenvalue weighted by Gasteiger charge is 2.41. The number of pyridine rings is 2. The van der Waals surface area contributed by atoms with Crippen LogP contribution in [0.4, 0.5) is 10.6 Å². The molecule has 2 aliphatic carbocycles. The lowest BCUT2D eigenvalue weighted by atomic mass is 9.71. The molecule has 5 rings (SSSR count). The molecule has 0 saturated heterocycles. The van der Waals surface area contributed by atoms with Crippen LogP contribution in [0.5, 0.6) is 0 Å². The van der Waals surface area contributed by atoms with E-state index in [2.05, 4.69) is 32.7 Å². The van der Waals surface area contributed by atoms with Crippen LogP contribution in [0.15, 0.2) is 60.9 Å². The van der Waals surface area contributed by atoms with Gasteiger partial charge in [-0.1, -0.05) is 30.3 Å². The maximum atomic E-state index is 13.1. The number of alkyl carbamates (subject to hydrolysis) is 1. The summed E-state index contributed by atoms with van der Waals surface area (Å²) in [5.74, 6) is 0.806. The van der Waals surface area contributed by atoms with Crippen molar-refractivity contribution in [2.24, 2.45) is 5.92 Å². The van der Waals surface area contributed by atoms with Crippen LogP contribution in [0.1, 0.15) is 84.6 Å². The number of hydrogen-bond acceptors (Lipinski definition) is 6. The first-order valence-corrected chi connectivity index (χ1v) is 16.0. The van der Waals surface area contributed by atoms with Crippen molar-refractivity contribution < 1.29 is 19.1 Å². The molecule has 45 heavy (non-hydrogen) atoms. The molecule has 2 saturated carbocycles. The number of aromatic nitrogens is 2. The van der Waals surface area contributed by atoms with E-state index in [4.69, 9.17) is 4.74 Å². The second kappa shape index (κ2) is 13.4. The maximum absolute atomic E-state index is 13.1. The molecule has 0 radical (unpaired) electrons. The molecule has 0 aliphatic heterocycles. The van der Waals surface area contributed by atoms with Crippen LogP contribution < -0.4 is 10.6 Å². The molecular formula is C36H45N5O4. The molecule has 0 unspecified atom stereocenters. The molecule has 1 aromatic carbocycles. The Hall–Kier alpha value is -4.27. The standard InChI is InChI=1S/C36H45N5O4/c1-24(42)41(5)28-16-10-25(11-17-28)21-33(43)39-32-22-29(31-9-6-7-20-37-31)30(23-38-32)26-12-14-27(15-13-26)36(18-8-19-36)40-34(44)45-35(2,3)4/h6-7,9,12-15,20,22-23,25,28H,8,10-11,16-19,21H2,1-5H3,(H,40,44)(H,38,39,43)/t25-,28-. The molecule has 9 heteroatoms. The zero-order chi connectivity index (χ0) is 32.2. The average Bonchev–Trinajstić information content (AvgIpc) is 2.98. The maximum Gasteiger partial charge on any atom is 0.408 e. The van der Waals surface area contributed by atoms with Crippen molar-refractivity contribution in [1.29, 1.82) is 0 Å². The number of rotatable bonds is 8. The van der Waals surface area contributed by atoms with Crippen LogP contribution >= 0.6 is 0 Å². The van der Waals surface area contributed by atoms with E-state index in [1.54, 1.807) is 19.3 Å². The van der Waals surface area contributed by atoms with Crippen LogP contribution in [0.25, 0.3) is 22.4 Å². The Morgan fingerprint density at radius 1 is 0.978 bits per heavy atom. The van der Waals surface area contributed by atoms with E-state index in [-0.39, 0.29) is 17.9 Å². The SMILES string of the molecule is CC(=O)N(C)[C@H]1CC[C@H](CC(=O)Nc2cc(-c3ccccn3)c(-c3ccc(C4(NC(=O)OC(C)(C)C)CCC4)cc3)cn2)CC1. The van der Waals surface area contributed by atoms with Crippen LogP contribution in [0.3, 0.4) is 0 Å². The van der Waals surface area contributed by atoms with Crippen LogP contribution in [0, 0.1) is 5.92 Å². The number of anilines is 1. The van der Waals surface area contributed by atoms with Crippen molar-refractivity contribution >= 4 is 23.7 Å². The Labute approximate surface area is 266 Å². The van der Waals surface area contributed by atoms with E-state index < -0.39 is 17.2 Å². The average molecular weight is 612 g/mol. The molecule has 9 nitrogen and oxygen atoms in total. The number of hydrogen-bond donors (Lipinski definition) is 2. The Morgan fingerprint density at radius 2 is 1.69 bits per heavy atom. The van der Waals surface area contributed by atoms with Crippen LogP contribution in [-0.2, 0) is 19.9 Å². The Kier molecular flexibility index (Phi) is 9.56. The summed E-state index contributed by atoms with van der Waals surface area (Å²) in [7, 11) is 1.86. The lowest BCUT2D eigenvalue weighted by molar-refractivity contribution is -0.130. The lowest BCUT2D eigenvalue weighted by Gasteiger charge is -2.43. The first-order chi connectivity index (χ1) is 21.4. The van der Waals surface area contributed by atoms with E-state index in [1.165, 1.54) is 0 Å². The molecule has 2 aliphatic rings. The molecule has 2 heterocycles. The highest BCUT2D eigenvalue weighted by Crippen LogP contribution is 2.42. The van der Waals surface area contributed by atoms with Crippen molar-refractivity contribution in [3.05, 3.63) is 66.5 Å². The number of ether oxygens (including phenoxy) is 1. The minimum atomic E-state index is -0.562. The summed E-state index contributed by atoms with van der Waals surface area (Å²) in [6, 6.07) is 16.1. The molecule has 3 aromatic rings. The third-order valence-corrected chi connectivity index (χ3v) is 9.14. The molecule has 2 N–H and O–H groups in total. The summed E-state index contributed by atoms with van der Waals surface area (Å²) >= 11 is 0. The first kappa shape index (κ1) is 32.1. The van der Waals surface area contributed by atoms with Gasteiger partial charge < -0.3 is 20.3 Å². The second-order valence-corrected chi connectivity index (χ2v) is 13.5. The molecule has 238 valence electrons. The van der Waals surface area contributed by atoms with Crippen molar-refractivity contribution in [2.75, 3.05) is 12.4 Å². The number of benzene rings is 1. The summed E-state index contributed by atoms with van der Waals surface area (Å²) in [6.07, 6.45) is 10.0. The minimum Gasteiger partial charge on any atom is -0.444 e. The van der Waals surface area contributed by atoms with Gasteiger partial charge in [-0.05, 0) is 101 Å². The van der Waals surface area contributed by atoms with E-state index in [9.17, 15) is 14.4 Å². The Morgan fingerprint density at radius 3 is 2.27 bits per heavy atom. The number of nitrogens with zero attached hydrogens (tertiary/aromatic N) is 3. The van der Waals surface area contributed by atoms with Gasteiger partial charge in [-0.15, -0.1) is 0 Å². The third kappa shape index (κ3) is 7.88. The van der Waals surface area contributed by atoms with Crippen molar-refractivity contribution in [1.82, 2.24) is 20.2 Å². The van der Waals surface area contributed by atoms with Crippen LogP contribution in [-0.4, -0.2) is 51.5 Å². The Bertz CT molecular complexity index is 1500. The fourth-order valence-electron chi connectivity index (χ4n) is 6.42. The topological polar surface area (TPSA) is 114 Å². The van der Waals surface area contributed by atoms with E-state index >= 15 is 0 Å². The van der Waals surface area contributed by atoms with Gasteiger partial charge in [-0.2, -0.15) is 0 Å². The molecule has 0 spiro atoms. The van der Waals surface area contributed by atoms with Crippen molar-refractivity contribution in [3.63, 3.8) is 0 Å². The fraction of sp³-hybridized carbons (Fsp3) is 0.472. The van der Waals surface area contributed by atoms with E-state index in [1.807, 2.05) is 69.1 Å². The molecule has 2 fully saturated rings. The van der Waals surface area contributed by atoms with Crippen LogP contribution in [0.2, 0.25) is 0 Å². The monoisotopic (exact) mass is 611 g/mol. The summed E-state index contributed by atoms with van der Waals surface area (Å²) in [6.45, 7) is 7.19. The summed E-state index contributed by atoms with van der Waals surface area (Å²) in [5.41, 5.74) is 3.56. The number of carbonyl (C=O) groups is 3.